The largest absolute Gasteiger partial charge is 0.453 e. The summed E-state index contributed by atoms with van der Waals surface area (Å²) in [5, 5.41) is 2.96. The number of ether oxygens (including phenoxy) is 1. The van der Waals surface area contributed by atoms with Crippen molar-refractivity contribution < 1.29 is 28.0 Å². The zero-order chi connectivity index (χ0) is 20.1. The Hall–Kier alpha value is -1.44. The normalized spacial score (nSPS) is 8.73. The first-order valence-electron chi connectivity index (χ1n) is 6.75. The molecule has 0 heterocycles. The second kappa shape index (κ2) is 36.6. The summed E-state index contributed by atoms with van der Waals surface area (Å²) in [5.41, 5.74) is 6.81. The Bertz CT molecular complexity index is 432. The van der Waals surface area contributed by atoms with Gasteiger partial charge in [-0.2, -0.15) is 0 Å². The lowest BCUT2D eigenvalue weighted by Gasteiger charge is -2.00. The van der Waals surface area contributed by atoms with Gasteiger partial charge in [-0.15, -0.1) is 0 Å². The summed E-state index contributed by atoms with van der Waals surface area (Å²) in [4.78, 5) is 40.3. The molecule has 0 fully saturated rings. The van der Waals surface area contributed by atoms with Crippen molar-refractivity contribution in [3.63, 3.8) is 0 Å². The predicted octanol–water partition coefficient (Wildman–Crippen LogP) is 3.93. The molecule has 0 unspecified atom stereocenters. The molecule has 130 valence electrons. The standard InChI is InChI=1S/C5H9ClO2.C2H3BrO.C2H3N3O.C2H4O.CH4/c1-4(2)3-8-5(6)7;3-1-2-4;3-5-4-1-2-6;1-2-3;/h4H,3H2,1-2H3;2H,1H2;2H,1H2;2H,1H3;1H4/i;3*2D;. The van der Waals surface area contributed by atoms with Crippen molar-refractivity contribution in [1.82, 2.24) is 0 Å². The van der Waals surface area contributed by atoms with Gasteiger partial charge in [0.2, 0.25) is 0 Å². The fourth-order valence-electron chi connectivity index (χ4n) is 0.293. The minimum Gasteiger partial charge on any atom is -0.453 e. The average molecular weight is 408 g/mol. The van der Waals surface area contributed by atoms with E-state index in [0.29, 0.717) is 12.5 Å². The van der Waals surface area contributed by atoms with Crippen molar-refractivity contribution in [3.8, 4) is 0 Å². The van der Waals surface area contributed by atoms with Crippen molar-refractivity contribution in [1.29, 1.82) is 0 Å². The van der Waals surface area contributed by atoms with Crippen molar-refractivity contribution in [2.45, 2.75) is 28.2 Å². The molecule has 0 rings (SSSR count). The van der Waals surface area contributed by atoms with E-state index >= 15 is 0 Å². The van der Waals surface area contributed by atoms with E-state index in [-0.39, 0.29) is 19.3 Å². The molecular formula is C12H23BrClN3O5. The summed E-state index contributed by atoms with van der Waals surface area (Å²) >= 11 is 7.64. The number of alkyl halides is 1. The van der Waals surface area contributed by atoms with Gasteiger partial charge in [0.1, 0.15) is 22.9 Å². The third-order valence-corrected chi connectivity index (χ3v) is 1.12. The molecule has 0 N–H and O–H groups in total. The van der Waals surface area contributed by atoms with Crippen molar-refractivity contribution >= 4 is 51.7 Å². The highest BCUT2D eigenvalue weighted by Gasteiger charge is 1.96. The van der Waals surface area contributed by atoms with Crippen LogP contribution in [0, 0.1) is 5.92 Å². The van der Waals surface area contributed by atoms with Crippen LogP contribution in [0.15, 0.2) is 5.11 Å². The Balaban J connectivity index is -0.0000000725. The lowest BCUT2D eigenvalue weighted by atomic mass is 10.2. The summed E-state index contributed by atoms with van der Waals surface area (Å²) in [5.74, 6) is 0.359. The van der Waals surface area contributed by atoms with Gasteiger partial charge in [-0.25, -0.2) is 4.79 Å². The number of azide groups is 1. The molecule has 8 nitrogen and oxygen atoms in total. The Morgan fingerprint density at radius 2 is 1.86 bits per heavy atom. The van der Waals surface area contributed by atoms with E-state index in [4.69, 9.17) is 26.0 Å². The maximum Gasteiger partial charge on any atom is 0.403 e. The van der Waals surface area contributed by atoms with Crippen LogP contribution in [-0.2, 0) is 19.1 Å². The fourth-order valence-corrected chi connectivity index (χ4v) is 0.356. The summed E-state index contributed by atoms with van der Waals surface area (Å²) in [7, 11) is 0. The summed E-state index contributed by atoms with van der Waals surface area (Å²) < 4.78 is 22.7. The Labute approximate surface area is 148 Å². The number of aldehydes is 3. The number of hydrogen-bond acceptors (Lipinski definition) is 6. The number of nitrogens with zero attached hydrogens (tertiary/aromatic N) is 3. The molecule has 0 spiro atoms. The second-order valence-electron chi connectivity index (χ2n) is 2.96. The molecule has 0 amide bonds. The number of carbonyl (C=O) groups is 4. The first-order valence-corrected chi connectivity index (χ1v) is 6.75. The van der Waals surface area contributed by atoms with Gasteiger partial charge in [0.15, 0.2) is 0 Å². The summed E-state index contributed by atoms with van der Waals surface area (Å²) in [6, 6.07) is 0. The molecule has 0 radical (unpaired) electrons. The SMILES string of the molecule is C.CC(C)COC(=O)Cl.[2H]C(=O)CBr.[2H]C(=O)CN=[N+]=[N-].[2H]C(C)=O. The van der Waals surface area contributed by atoms with Crippen LogP contribution in [0.1, 0.15) is 32.3 Å². The first kappa shape index (κ1) is 22.8. The molecule has 0 aliphatic rings. The van der Waals surface area contributed by atoms with E-state index in [1.807, 2.05) is 13.8 Å². The van der Waals surface area contributed by atoms with Gasteiger partial charge in [0.05, 0.1) is 18.5 Å². The average Bonchev–Trinajstić information content (AvgIpc) is 2.43. The molecule has 0 aromatic rings. The monoisotopic (exact) mass is 406 g/mol. The van der Waals surface area contributed by atoms with Crippen LogP contribution in [0.4, 0.5) is 4.79 Å². The Morgan fingerprint density at radius 3 is 1.95 bits per heavy atom. The Morgan fingerprint density at radius 1 is 1.45 bits per heavy atom. The fraction of sp³-hybridized carbons (Fsp3) is 0.667. The molecule has 0 aromatic heterocycles. The van der Waals surface area contributed by atoms with Gasteiger partial charge >= 0.3 is 5.43 Å². The zero-order valence-electron chi connectivity index (χ0n) is 14.8. The molecule has 0 saturated heterocycles. The molecule has 10 heteroatoms. The van der Waals surface area contributed by atoms with E-state index in [0.717, 1.165) is 0 Å². The molecule has 0 saturated carbocycles. The highest BCUT2D eigenvalue weighted by atomic mass is 79.9. The van der Waals surface area contributed by atoms with Crippen LogP contribution in [0.25, 0.3) is 10.4 Å². The van der Waals surface area contributed by atoms with E-state index in [1.54, 1.807) is 0 Å². The molecule has 0 atom stereocenters. The smallest absolute Gasteiger partial charge is 0.403 e. The number of halogens is 2. The molecule has 0 aliphatic carbocycles. The van der Waals surface area contributed by atoms with Crippen LogP contribution < -0.4 is 0 Å². The van der Waals surface area contributed by atoms with Crippen LogP contribution in [0.2, 0.25) is 0 Å². The third-order valence-electron chi connectivity index (χ3n) is 0.783. The maximum absolute atomic E-state index is 9.89. The van der Waals surface area contributed by atoms with Gasteiger partial charge in [-0.1, -0.05) is 42.3 Å². The van der Waals surface area contributed by atoms with Gasteiger partial charge < -0.3 is 19.1 Å². The van der Waals surface area contributed by atoms with E-state index < -0.39 is 24.2 Å². The molecule has 0 bridgehead atoms. The summed E-state index contributed by atoms with van der Waals surface area (Å²) in [6.07, 6.45) is -2.03. The molecular weight excluding hydrogens is 382 g/mol. The van der Waals surface area contributed by atoms with Crippen molar-refractivity contribution in [3.05, 3.63) is 10.4 Å². The van der Waals surface area contributed by atoms with Crippen molar-refractivity contribution in [2.75, 3.05) is 18.5 Å². The van der Waals surface area contributed by atoms with Gasteiger partial charge in [0, 0.05) is 16.5 Å². The second-order valence-corrected chi connectivity index (χ2v) is 3.83. The van der Waals surface area contributed by atoms with Crippen LogP contribution in [-0.4, -0.2) is 42.7 Å². The van der Waals surface area contributed by atoms with Crippen molar-refractivity contribution in [2.24, 2.45) is 11.0 Å². The molecule has 22 heavy (non-hydrogen) atoms. The van der Waals surface area contributed by atoms with Gasteiger partial charge in [-0.3, -0.25) is 0 Å². The van der Waals surface area contributed by atoms with Crippen LogP contribution >= 0.6 is 27.5 Å². The minimum absolute atomic E-state index is 0. The van der Waals surface area contributed by atoms with E-state index in [1.165, 1.54) is 6.92 Å². The van der Waals surface area contributed by atoms with E-state index in [2.05, 4.69) is 30.7 Å². The minimum atomic E-state index is -0.863. The van der Waals surface area contributed by atoms with Crippen LogP contribution in [0.3, 0.4) is 0 Å². The third kappa shape index (κ3) is 100. The topological polar surface area (TPSA) is 126 Å². The lowest BCUT2D eigenvalue weighted by molar-refractivity contribution is -0.107. The predicted molar refractivity (Wildman–Crippen MR) is 90.4 cm³/mol. The quantitative estimate of drug-likeness (QED) is 0.170. The van der Waals surface area contributed by atoms with Crippen LogP contribution in [0.5, 0.6) is 0 Å². The van der Waals surface area contributed by atoms with Gasteiger partial charge in [-0.05, 0) is 18.4 Å². The van der Waals surface area contributed by atoms with E-state index in [9.17, 15) is 14.4 Å². The summed E-state index contributed by atoms with van der Waals surface area (Å²) in [6.45, 7) is 5.12. The maximum atomic E-state index is 9.89. The number of hydrogen-bond donors (Lipinski definition) is 0. The van der Waals surface area contributed by atoms with Gasteiger partial charge in [0.25, 0.3) is 0 Å². The highest BCUT2D eigenvalue weighted by molar-refractivity contribution is 9.09. The zero-order valence-corrected chi connectivity index (χ0v) is 14.2. The highest BCUT2D eigenvalue weighted by Crippen LogP contribution is 1.94. The molecule has 0 aliphatic heterocycles. The molecule has 0 aromatic carbocycles. The number of carbonyl (C=O) groups excluding carboxylic acids is 4. The number of rotatable bonds is 5. The Kier molecular flexibility index (Phi) is 38.0. The first-order chi connectivity index (χ1) is 10.9. The lowest BCUT2D eigenvalue weighted by Crippen LogP contribution is -2.02.